The van der Waals surface area contributed by atoms with E-state index in [4.69, 9.17) is 0 Å². The van der Waals surface area contributed by atoms with E-state index in [-0.39, 0.29) is 5.82 Å². The number of halogens is 2. The molecule has 18 heavy (non-hydrogen) atoms. The van der Waals surface area contributed by atoms with E-state index >= 15 is 0 Å². The van der Waals surface area contributed by atoms with Crippen molar-refractivity contribution in [1.82, 2.24) is 0 Å². The maximum Gasteiger partial charge on any atom is 0.123 e. The molecule has 0 saturated carbocycles. The standard InChI is InChI=1S/C14H14BrFOS/c1-14(2,9-3-5-10(16)6-4-9)13(17)11-7-18-8-12(11)15/h3-8,13,17H,1-2H3. The zero-order chi connectivity index (χ0) is 13.3. The summed E-state index contributed by atoms with van der Waals surface area (Å²) in [6.45, 7) is 3.91. The van der Waals surface area contributed by atoms with Crippen molar-refractivity contribution in [3.8, 4) is 0 Å². The first-order valence-corrected chi connectivity index (χ1v) is 7.32. The molecule has 4 heteroatoms. The van der Waals surface area contributed by atoms with Crippen LogP contribution >= 0.6 is 27.3 Å². The Balaban J connectivity index is 2.36. The smallest absolute Gasteiger partial charge is 0.123 e. The molecule has 1 aromatic heterocycles. The maximum absolute atomic E-state index is 12.9. The van der Waals surface area contributed by atoms with Gasteiger partial charge in [-0.2, -0.15) is 11.3 Å². The molecule has 1 unspecified atom stereocenters. The van der Waals surface area contributed by atoms with Crippen molar-refractivity contribution in [2.45, 2.75) is 25.4 Å². The van der Waals surface area contributed by atoms with Crippen LogP contribution in [-0.4, -0.2) is 5.11 Å². The van der Waals surface area contributed by atoms with Crippen molar-refractivity contribution in [2.24, 2.45) is 0 Å². The molecule has 2 aromatic rings. The van der Waals surface area contributed by atoms with Gasteiger partial charge in [-0.15, -0.1) is 0 Å². The molecule has 2 rings (SSSR count). The van der Waals surface area contributed by atoms with Gasteiger partial charge in [0.2, 0.25) is 0 Å². The zero-order valence-electron chi connectivity index (χ0n) is 10.2. The van der Waals surface area contributed by atoms with Gasteiger partial charge in [-0.1, -0.05) is 26.0 Å². The number of thiophene rings is 1. The van der Waals surface area contributed by atoms with E-state index in [0.29, 0.717) is 0 Å². The Morgan fingerprint density at radius 3 is 2.33 bits per heavy atom. The molecule has 0 fully saturated rings. The molecule has 1 atom stereocenters. The molecule has 0 spiro atoms. The average molecular weight is 329 g/mol. The van der Waals surface area contributed by atoms with Gasteiger partial charge in [0.05, 0.1) is 6.10 Å². The van der Waals surface area contributed by atoms with E-state index in [1.807, 2.05) is 24.6 Å². The average Bonchev–Trinajstić information content (AvgIpc) is 2.75. The molecule has 0 aliphatic carbocycles. The number of aliphatic hydroxyl groups excluding tert-OH is 1. The van der Waals surface area contributed by atoms with Crippen LogP contribution in [0.25, 0.3) is 0 Å². The first kappa shape index (κ1) is 13.7. The highest BCUT2D eigenvalue weighted by molar-refractivity contribution is 9.10. The van der Waals surface area contributed by atoms with Crippen LogP contribution in [0.3, 0.4) is 0 Å². The fraction of sp³-hybridized carbons (Fsp3) is 0.286. The van der Waals surface area contributed by atoms with E-state index in [2.05, 4.69) is 15.9 Å². The Morgan fingerprint density at radius 2 is 1.83 bits per heavy atom. The quantitative estimate of drug-likeness (QED) is 0.868. The second kappa shape index (κ2) is 5.11. The molecular formula is C14H14BrFOS. The lowest BCUT2D eigenvalue weighted by Crippen LogP contribution is -2.26. The Kier molecular flexibility index (Phi) is 3.90. The lowest BCUT2D eigenvalue weighted by Gasteiger charge is -2.31. The maximum atomic E-state index is 12.9. The molecule has 96 valence electrons. The van der Waals surface area contributed by atoms with Gasteiger partial charge in [0.25, 0.3) is 0 Å². The van der Waals surface area contributed by atoms with E-state index in [1.54, 1.807) is 23.5 Å². The molecule has 0 aliphatic rings. The van der Waals surface area contributed by atoms with Gasteiger partial charge >= 0.3 is 0 Å². The van der Waals surface area contributed by atoms with Crippen LogP contribution in [0.1, 0.15) is 31.1 Å². The molecule has 1 nitrogen and oxygen atoms in total. The van der Waals surface area contributed by atoms with Crippen LogP contribution in [0, 0.1) is 5.82 Å². The number of hydrogen-bond donors (Lipinski definition) is 1. The summed E-state index contributed by atoms with van der Waals surface area (Å²) in [6, 6.07) is 6.29. The molecule has 0 radical (unpaired) electrons. The Bertz CT molecular complexity index is 533. The van der Waals surface area contributed by atoms with Crippen molar-refractivity contribution in [1.29, 1.82) is 0 Å². The normalized spacial score (nSPS) is 13.6. The highest BCUT2D eigenvalue weighted by Crippen LogP contribution is 2.40. The second-order valence-corrected chi connectivity index (χ2v) is 6.40. The van der Waals surface area contributed by atoms with Crippen LogP contribution < -0.4 is 0 Å². The molecule has 0 amide bonds. The van der Waals surface area contributed by atoms with Crippen molar-refractivity contribution in [2.75, 3.05) is 0 Å². The van der Waals surface area contributed by atoms with Gasteiger partial charge in [-0.25, -0.2) is 4.39 Å². The largest absolute Gasteiger partial charge is 0.387 e. The Hall–Kier alpha value is -0.710. The third kappa shape index (κ3) is 2.51. The summed E-state index contributed by atoms with van der Waals surface area (Å²) in [6.07, 6.45) is -0.636. The van der Waals surface area contributed by atoms with Crippen LogP contribution in [-0.2, 0) is 5.41 Å². The third-order valence-corrected chi connectivity index (χ3v) is 4.96. The highest BCUT2D eigenvalue weighted by atomic mass is 79.9. The van der Waals surface area contributed by atoms with Crippen LogP contribution in [0.15, 0.2) is 39.5 Å². The fourth-order valence-electron chi connectivity index (χ4n) is 1.91. The Labute approximate surface area is 118 Å². The summed E-state index contributed by atoms with van der Waals surface area (Å²) in [5.74, 6) is -0.263. The predicted octanol–water partition coefficient (Wildman–Crippen LogP) is 4.66. The molecule has 1 heterocycles. The summed E-state index contributed by atoms with van der Waals surface area (Å²) < 4.78 is 13.9. The van der Waals surface area contributed by atoms with Gasteiger partial charge < -0.3 is 5.11 Å². The number of hydrogen-bond acceptors (Lipinski definition) is 2. The number of aliphatic hydroxyl groups is 1. The molecule has 0 aliphatic heterocycles. The Morgan fingerprint density at radius 1 is 1.22 bits per heavy atom. The SMILES string of the molecule is CC(C)(c1ccc(F)cc1)C(O)c1cscc1Br. The van der Waals surface area contributed by atoms with Gasteiger partial charge in [0, 0.05) is 20.8 Å². The second-order valence-electron chi connectivity index (χ2n) is 4.81. The van der Waals surface area contributed by atoms with Gasteiger partial charge in [0.1, 0.15) is 5.82 Å². The minimum absolute atomic E-state index is 0.263. The summed E-state index contributed by atoms with van der Waals surface area (Å²) >= 11 is 4.98. The molecule has 0 bridgehead atoms. The van der Waals surface area contributed by atoms with Crippen LogP contribution in [0.2, 0.25) is 0 Å². The summed E-state index contributed by atoms with van der Waals surface area (Å²) in [7, 11) is 0. The fourth-order valence-corrected chi connectivity index (χ4v) is 3.45. The predicted molar refractivity (Wildman–Crippen MR) is 76.4 cm³/mol. The van der Waals surface area contributed by atoms with E-state index in [9.17, 15) is 9.50 Å². The van der Waals surface area contributed by atoms with Gasteiger partial charge in [0.15, 0.2) is 0 Å². The van der Waals surface area contributed by atoms with Crippen LogP contribution in [0.5, 0.6) is 0 Å². The minimum Gasteiger partial charge on any atom is -0.387 e. The lowest BCUT2D eigenvalue weighted by atomic mass is 9.77. The van der Waals surface area contributed by atoms with Crippen LogP contribution in [0.4, 0.5) is 4.39 Å². The van der Waals surface area contributed by atoms with Crippen molar-refractivity contribution in [3.05, 3.63) is 56.4 Å². The summed E-state index contributed by atoms with van der Waals surface area (Å²) in [5.41, 5.74) is 1.31. The zero-order valence-corrected chi connectivity index (χ0v) is 12.6. The van der Waals surface area contributed by atoms with E-state index in [0.717, 1.165) is 15.6 Å². The van der Waals surface area contributed by atoms with Gasteiger partial charge in [-0.3, -0.25) is 0 Å². The van der Waals surface area contributed by atoms with Gasteiger partial charge in [-0.05, 0) is 39.0 Å². The molecule has 1 aromatic carbocycles. The summed E-state index contributed by atoms with van der Waals surface area (Å²) in [4.78, 5) is 0. The molecule has 0 saturated heterocycles. The monoisotopic (exact) mass is 328 g/mol. The lowest BCUT2D eigenvalue weighted by molar-refractivity contribution is 0.1000. The van der Waals surface area contributed by atoms with E-state index < -0.39 is 11.5 Å². The molecular weight excluding hydrogens is 315 g/mol. The number of rotatable bonds is 3. The first-order chi connectivity index (χ1) is 8.43. The third-order valence-electron chi connectivity index (χ3n) is 3.21. The minimum atomic E-state index is -0.636. The first-order valence-electron chi connectivity index (χ1n) is 5.58. The highest BCUT2D eigenvalue weighted by Gasteiger charge is 2.32. The van der Waals surface area contributed by atoms with Crippen molar-refractivity contribution >= 4 is 27.3 Å². The number of benzene rings is 1. The topological polar surface area (TPSA) is 20.2 Å². The summed E-state index contributed by atoms with van der Waals surface area (Å²) in [5, 5.41) is 14.4. The van der Waals surface area contributed by atoms with Crippen molar-refractivity contribution in [3.63, 3.8) is 0 Å². The van der Waals surface area contributed by atoms with Crippen molar-refractivity contribution < 1.29 is 9.50 Å². The molecule has 1 N–H and O–H groups in total. The van der Waals surface area contributed by atoms with E-state index in [1.165, 1.54) is 12.1 Å².